The minimum Gasteiger partial charge on any atom is -0.496 e. The summed E-state index contributed by atoms with van der Waals surface area (Å²) >= 11 is 3.57. The normalized spacial score (nSPS) is 21.1. The van der Waals surface area contributed by atoms with Crippen LogP contribution in [0.5, 0.6) is 5.75 Å². The first-order valence-corrected chi connectivity index (χ1v) is 7.70. The topological polar surface area (TPSA) is 30.5 Å². The summed E-state index contributed by atoms with van der Waals surface area (Å²) in [6.45, 7) is 4.86. The summed E-state index contributed by atoms with van der Waals surface area (Å²) in [5.41, 5.74) is 1.30. The van der Waals surface area contributed by atoms with E-state index in [4.69, 9.17) is 9.47 Å². The van der Waals surface area contributed by atoms with Gasteiger partial charge in [0.15, 0.2) is 0 Å². The standard InChI is InChI=1S/C15H22BrNO2/c1-3-17-15(12-5-4-8-19-10-12)11-6-7-14(18-2)13(16)9-11/h6-7,9,12,15,17H,3-5,8,10H2,1-2H3. The maximum absolute atomic E-state index is 5.63. The van der Waals surface area contributed by atoms with Gasteiger partial charge in [0.25, 0.3) is 0 Å². The summed E-state index contributed by atoms with van der Waals surface area (Å²) in [7, 11) is 1.69. The number of rotatable bonds is 5. The molecule has 1 aromatic carbocycles. The molecular formula is C15H22BrNO2. The van der Waals surface area contributed by atoms with E-state index in [0.717, 1.165) is 36.4 Å². The maximum Gasteiger partial charge on any atom is 0.133 e. The third kappa shape index (κ3) is 3.71. The minimum absolute atomic E-state index is 0.354. The average molecular weight is 328 g/mol. The predicted molar refractivity (Wildman–Crippen MR) is 80.7 cm³/mol. The Hall–Kier alpha value is -0.580. The van der Waals surface area contributed by atoms with Crippen molar-refractivity contribution in [2.45, 2.75) is 25.8 Å². The Balaban J connectivity index is 2.19. The van der Waals surface area contributed by atoms with Crippen LogP contribution in [0.25, 0.3) is 0 Å². The number of hydrogen-bond acceptors (Lipinski definition) is 3. The van der Waals surface area contributed by atoms with Gasteiger partial charge in [-0.15, -0.1) is 0 Å². The van der Waals surface area contributed by atoms with Crippen LogP contribution in [0, 0.1) is 5.92 Å². The number of halogens is 1. The van der Waals surface area contributed by atoms with Crippen molar-refractivity contribution in [1.29, 1.82) is 0 Å². The van der Waals surface area contributed by atoms with Crippen LogP contribution in [-0.4, -0.2) is 26.9 Å². The van der Waals surface area contributed by atoms with Gasteiger partial charge in [-0.1, -0.05) is 13.0 Å². The first kappa shape index (κ1) is 14.8. The van der Waals surface area contributed by atoms with Crippen LogP contribution in [-0.2, 0) is 4.74 Å². The summed E-state index contributed by atoms with van der Waals surface area (Å²) in [6, 6.07) is 6.67. The first-order chi connectivity index (χ1) is 9.26. The van der Waals surface area contributed by atoms with Crippen LogP contribution in [0.3, 0.4) is 0 Å². The lowest BCUT2D eigenvalue weighted by Crippen LogP contribution is -2.33. The Kier molecular flexibility index (Phi) is 5.67. The van der Waals surface area contributed by atoms with Gasteiger partial charge < -0.3 is 14.8 Å². The average Bonchev–Trinajstić information content (AvgIpc) is 2.45. The lowest BCUT2D eigenvalue weighted by atomic mass is 9.88. The van der Waals surface area contributed by atoms with Gasteiger partial charge in [-0.3, -0.25) is 0 Å². The molecule has 0 spiro atoms. The summed E-state index contributed by atoms with van der Waals surface area (Å²) < 4.78 is 11.9. The van der Waals surface area contributed by atoms with Crippen molar-refractivity contribution in [1.82, 2.24) is 5.32 Å². The van der Waals surface area contributed by atoms with Crippen molar-refractivity contribution >= 4 is 15.9 Å². The van der Waals surface area contributed by atoms with Crippen LogP contribution in [0.1, 0.15) is 31.4 Å². The molecule has 2 atom stereocenters. The van der Waals surface area contributed by atoms with Gasteiger partial charge >= 0.3 is 0 Å². The van der Waals surface area contributed by atoms with E-state index in [9.17, 15) is 0 Å². The summed E-state index contributed by atoms with van der Waals surface area (Å²) in [5, 5.41) is 3.59. The predicted octanol–water partition coefficient (Wildman–Crippen LogP) is 3.53. The fourth-order valence-corrected chi connectivity index (χ4v) is 3.24. The van der Waals surface area contributed by atoms with Crippen LogP contribution >= 0.6 is 15.9 Å². The molecule has 1 aliphatic rings. The molecule has 1 aromatic rings. The molecule has 106 valence electrons. The molecule has 0 bridgehead atoms. The van der Waals surface area contributed by atoms with E-state index in [-0.39, 0.29) is 0 Å². The van der Waals surface area contributed by atoms with Crippen molar-refractivity contribution in [2.24, 2.45) is 5.92 Å². The molecule has 1 saturated heterocycles. The Morgan fingerprint density at radius 3 is 2.95 bits per heavy atom. The van der Waals surface area contributed by atoms with Crippen molar-refractivity contribution in [3.05, 3.63) is 28.2 Å². The number of methoxy groups -OCH3 is 1. The van der Waals surface area contributed by atoms with E-state index in [1.54, 1.807) is 7.11 Å². The van der Waals surface area contributed by atoms with E-state index in [1.165, 1.54) is 12.0 Å². The summed E-state index contributed by atoms with van der Waals surface area (Å²) in [6.07, 6.45) is 2.38. The molecule has 3 nitrogen and oxygen atoms in total. The van der Waals surface area contributed by atoms with Gasteiger partial charge in [-0.05, 0) is 53.0 Å². The van der Waals surface area contributed by atoms with Crippen molar-refractivity contribution in [3.8, 4) is 5.75 Å². The maximum atomic E-state index is 5.63. The molecule has 0 saturated carbocycles. The second-order valence-corrected chi connectivity index (χ2v) is 5.76. The molecule has 0 aromatic heterocycles. The molecule has 1 heterocycles. The molecule has 19 heavy (non-hydrogen) atoms. The highest BCUT2D eigenvalue weighted by Crippen LogP contribution is 2.33. The number of benzene rings is 1. The van der Waals surface area contributed by atoms with E-state index in [2.05, 4.69) is 40.3 Å². The van der Waals surface area contributed by atoms with Crippen LogP contribution in [0.15, 0.2) is 22.7 Å². The Bertz CT molecular complexity index is 405. The number of ether oxygens (including phenoxy) is 2. The molecule has 0 amide bonds. The third-order valence-electron chi connectivity index (χ3n) is 3.63. The molecule has 1 aliphatic heterocycles. The number of nitrogens with one attached hydrogen (secondary N) is 1. The lowest BCUT2D eigenvalue weighted by Gasteiger charge is -2.31. The third-order valence-corrected chi connectivity index (χ3v) is 4.25. The van der Waals surface area contributed by atoms with E-state index >= 15 is 0 Å². The molecule has 2 unspecified atom stereocenters. The van der Waals surface area contributed by atoms with E-state index in [1.807, 2.05) is 6.07 Å². The van der Waals surface area contributed by atoms with Crippen molar-refractivity contribution < 1.29 is 9.47 Å². The molecule has 0 radical (unpaired) electrons. The molecule has 1 fully saturated rings. The van der Waals surface area contributed by atoms with E-state index < -0.39 is 0 Å². The fraction of sp³-hybridized carbons (Fsp3) is 0.600. The van der Waals surface area contributed by atoms with Gasteiger partial charge in [0.05, 0.1) is 18.2 Å². The smallest absolute Gasteiger partial charge is 0.133 e. The van der Waals surface area contributed by atoms with Crippen molar-refractivity contribution in [3.63, 3.8) is 0 Å². The second kappa shape index (κ2) is 7.27. The Labute approximate surface area is 123 Å². The van der Waals surface area contributed by atoms with Crippen molar-refractivity contribution in [2.75, 3.05) is 26.9 Å². The van der Waals surface area contributed by atoms with Gasteiger partial charge in [0.1, 0.15) is 5.75 Å². The molecule has 4 heteroatoms. The minimum atomic E-state index is 0.354. The summed E-state index contributed by atoms with van der Waals surface area (Å²) in [5.74, 6) is 1.42. The lowest BCUT2D eigenvalue weighted by molar-refractivity contribution is 0.0392. The highest BCUT2D eigenvalue weighted by molar-refractivity contribution is 9.10. The highest BCUT2D eigenvalue weighted by Gasteiger charge is 2.25. The first-order valence-electron chi connectivity index (χ1n) is 6.90. The SMILES string of the molecule is CCNC(c1ccc(OC)c(Br)c1)C1CCCOC1. The van der Waals surface area contributed by atoms with E-state index in [0.29, 0.717) is 12.0 Å². The monoisotopic (exact) mass is 327 g/mol. The van der Waals surface area contributed by atoms with Gasteiger partial charge in [0.2, 0.25) is 0 Å². The van der Waals surface area contributed by atoms with Crippen LogP contribution < -0.4 is 10.1 Å². The fourth-order valence-electron chi connectivity index (χ4n) is 2.68. The molecule has 2 rings (SSSR count). The zero-order valence-electron chi connectivity index (χ0n) is 11.6. The summed E-state index contributed by atoms with van der Waals surface area (Å²) in [4.78, 5) is 0. The van der Waals surface area contributed by atoms with Crippen LogP contribution in [0.2, 0.25) is 0 Å². The Morgan fingerprint density at radius 1 is 1.53 bits per heavy atom. The zero-order chi connectivity index (χ0) is 13.7. The van der Waals surface area contributed by atoms with Gasteiger partial charge in [-0.25, -0.2) is 0 Å². The largest absolute Gasteiger partial charge is 0.496 e. The van der Waals surface area contributed by atoms with Gasteiger partial charge in [-0.2, -0.15) is 0 Å². The number of hydrogen-bond donors (Lipinski definition) is 1. The zero-order valence-corrected chi connectivity index (χ0v) is 13.2. The highest BCUT2D eigenvalue weighted by atomic mass is 79.9. The molecule has 1 N–H and O–H groups in total. The second-order valence-electron chi connectivity index (χ2n) is 4.91. The van der Waals surface area contributed by atoms with Gasteiger partial charge in [0, 0.05) is 18.6 Å². The quantitative estimate of drug-likeness (QED) is 0.897. The van der Waals surface area contributed by atoms with Crippen LogP contribution in [0.4, 0.5) is 0 Å². The Morgan fingerprint density at radius 2 is 2.37 bits per heavy atom. The molecule has 0 aliphatic carbocycles. The molecular weight excluding hydrogens is 306 g/mol.